The number of rotatable bonds is 5. The van der Waals surface area contributed by atoms with Crippen LogP contribution in [0.2, 0.25) is 0 Å². The molecule has 26 heavy (non-hydrogen) atoms. The van der Waals surface area contributed by atoms with E-state index in [1.807, 2.05) is 6.92 Å². The molecule has 144 valence electrons. The normalized spacial score (nSPS) is 29.0. The lowest BCUT2D eigenvalue weighted by atomic mass is 10.1. The molecule has 8 nitrogen and oxygen atoms in total. The first-order chi connectivity index (χ1) is 12.1. The third-order valence-electron chi connectivity index (χ3n) is 4.74. The maximum atomic E-state index is 12.2. The number of amidine groups is 1. The van der Waals surface area contributed by atoms with E-state index in [1.165, 1.54) is 0 Å². The number of hydrogen-bond acceptors (Lipinski definition) is 7. The molecular weight excluding hydrogens is 355 g/mol. The molecule has 9 heteroatoms. The first-order valence-electron chi connectivity index (χ1n) is 8.78. The Bertz CT molecular complexity index is 797. The maximum Gasteiger partial charge on any atom is 0.192 e. The molecule has 1 aromatic rings. The van der Waals surface area contributed by atoms with Gasteiger partial charge in [0.25, 0.3) is 0 Å². The number of aliphatic hydroxyl groups excluding tert-OH is 2. The number of hydrogen-bond donors (Lipinski definition) is 3. The number of imidazole rings is 1. The number of nitrogens with two attached hydrogens (primary N) is 1. The molecule has 1 unspecified atom stereocenters. The number of ketones is 1. The molecule has 0 radical (unpaired) electrons. The minimum Gasteiger partial charge on any atom is -0.388 e. The molecule has 1 fully saturated rings. The second-order valence-electron chi connectivity index (χ2n) is 7.62. The van der Waals surface area contributed by atoms with Crippen molar-refractivity contribution in [2.75, 3.05) is 19.5 Å². The molecule has 0 bridgehead atoms. The van der Waals surface area contributed by atoms with Crippen molar-refractivity contribution >= 4 is 30.6 Å². The summed E-state index contributed by atoms with van der Waals surface area (Å²) in [5.74, 6) is 0.884. The molecule has 0 amide bonds. The van der Waals surface area contributed by atoms with Crippen molar-refractivity contribution in [2.45, 2.75) is 50.7 Å². The number of fused-ring (bicyclic) bond motifs is 1. The number of aryl methyl sites for hydroxylation is 1. The van der Waals surface area contributed by atoms with Crippen LogP contribution in [0.1, 0.15) is 42.3 Å². The topological polar surface area (TPSA) is 123 Å². The lowest BCUT2D eigenvalue weighted by Gasteiger charge is -2.21. The van der Waals surface area contributed by atoms with Crippen molar-refractivity contribution in [1.29, 1.82) is 0 Å². The predicted octanol–water partition coefficient (Wildman–Crippen LogP) is 0.739. The average molecular weight is 382 g/mol. The lowest BCUT2D eigenvalue weighted by molar-refractivity contribution is -0.0378. The molecule has 2 aliphatic heterocycles. The average Bonchev–Trinajstić information content (AvgIpc) is 3.04. The molecule has 0 spiro atoms. The summed E-state index contributed by atoms with van der Waals surface area (Å²) < 4.78 is 7.61. The van der Waals surface area contributed by atoms with Crippen LogP contribution in [0.5, 0.6) is 0 Å². The van der Waals surface area contributed by atoms with E-state index in [9.17, 15) is 15.0 Å². The fourth-order valence-corrected chi connectivity index (χ4v) is 4.31. The number of carbonyl (C=O) groups excluding carboxylic acids is 1. The van der Waals surface area contributed by atoms with Crippen LogP contribution in [0.3, 0.4) is 0 Å². The van der Waals surface area contributed by atoms with Crippen molar-refractivity contribution in [1.82, 2.24) is 9.55 Å². The monoisotopic (exact) mass is 382 g/mol. The molecule has 0 saturated carbocycles. The number of nitrogens with zero attached hydrogens (tertiary/aromatic N) is 3. The van der Waals surface area contributed by atoms with Gasteiger partial charge < -0.3 is 20.7 Å². The van der Waals surface area contributed by atoms with Crippen molar-refractivity contribution in [2.24, 2.45) is 10.7 Å². The second kappa shape index (κ2) is 6.93. The largest absolute Gasteiger partial charge is 0.388 e. The van der Waals surface area contributed by atoms with Crippen LogP contribution in [0.15, 0.2) is 4.99 Å². The maximum absolute atomic E-state index is 12.2. The van der Waals surface area contributed by atoms with Gasteiger partial charge in [-0.25, -0.2) is 9.98 Å². The summed E-state index contributed by atoms with van der Waals surface area (Å²) in [6.45, 7) is 4.86. The molecule has 4 N–H and O–H groups in total. The number of aliphatic hydroxyl groups is 2. The van der Waals surface area contributed by atoms with Gasteiger partial charge in [0.1, 0.15) is 23.9 Å². The molecule has 1 aromatic heterocycles. The zero-order valence-corrected chi connectivity index (χ0v) is 16.3. The molecule has 4 atom stereocenters. The number of carbonyl (C=O) groups is 1. The quantitative estimate of drug-likeness (QED) is 0.646. The summed E-state index contributed by atoms with van der Waals surface area (Å²) in [6, 6.07) is 0. The Balaban J connectivity index is 1.95. The predicted molar refractivity (Wildman–Crippen MR) is 103 cm³/mol. The standard InChI is InChI=1S/C17H27N4O4P/c1-5-12-20-13-9(22)8-11(18)19-16(13)21(12)17-15(24)14(23)10(25-17)6-7-26(2,3)4/h10,14-15,17,23-24H,2,5-8H2,1,3-4H3,(H2,18,19)/t10?,14-,15-,17-/m1/s1. The van der Waals surface area contributed by atoms with Crippen LogP contribution >= 0.6 is 6.89 Å². The Morgan fingerprint density at radius 2 is 2.08 bits per heavy atom. The summed E-state index contributed by atoms with van der Waals surface area (Å²) in [4.78, 5) is 20.9. The van der Waals surface area contributed by atoms with Gasteiger partial charge in [-0.1, -0.05) is 6.92 Å². The molecule has 0 aromatic carbocycles. The fourth-order valence-electron chi connectivity index (χ4n) is 3.36. The number of ether oxygens (including phenoxy) is 1. The number of aliphatic imine (C=N–C) groups is 1. The van der Waals surface area contributed by atoms with E-state index in [4.69, 9.17) is 10.5 Å². The van der Waals surface area contributed by atoms with Crippen LogP contribution in [0.25, 0.3) is 0 Å². The summed E-state index contributed by atoms with van der Waals surface area (Å²) in [7, 11) is 0. The highest BCUT2D eigenvalue weighted by molar-refractivity contribution is 7.72. The third kappa shape index (κ3) is 3.51. The lowest BCUT2D eigenvalue weighted by Crippen LogP contribution is -2.32. The Hall–Kier alpha value is -1.47. The van der Waals surface area contributed by atoms with Gasteiger partial charge in [0.15, 0.2) is 23.5 Å². The number of Topliss-reactive ketones (excluding diaryl/α,β-unsaturated/α-hetero) is 1. The minimum absolute atomic E-state index is 0.0365. The summed E-state index contributed by atoms with van der Waals surface area (Å²) >= 11 is 0. The van der Waals surface area contributed by atoms with E-state index in [2.05, 4.69) is 29.6 Å². The Kier molecular flexibility index (Phi) is 5.14. The zero-order chi connectivity index (χ0) is 19.2. The Morgan fingerprint density at radius 3 is 2.69 bits per heavy atom. The number of aromatic nitrogens is 2. The highest BCUT2D eigenvalue weighted by Crippen LogP contribution is 2.41. The van der Waals surface area contributed by atoms with Crippen molar-refractivity contribution in [3.05, 3.63) is 11.5 Å². The van der Waals surface area contributed by atoms with Crippen molar-refractivity contribution in [3.63, 3.8) is 0 Å². The fraction of sp³-hybridized carbons (Fsp3) is 0.647. The minimum atomic E-state index is -1.27. The van der Waals surface area contributed by atoms with Crippen LogP contribution < -0.4 is 5.73 Å². The van der Waals surface area contributed by atoms with Gasteiger partial charge in [0.2, 0.25) is 0 Å². The molecule has 2 aliphatic rings. The van der Waals surface area contributed by atoms with Gasteiger partial charge in [-0.05, 0) is 25.9 Å². The Labute approximate surface area is 153 Å². The third-order valence-corrected chi connectivity index (χ3v) is 6.21. The van der Waals surface area contributed by atoms with Crippen molar-refractivity contribution in [3.8, 4) is 0 Å². The van der Waals surface area contributed by atoms with E-state index in [0.29, 0.717) is 24.5 Å². The summed E-state index contributed by atoms with van der Waals surface area (Å²) in [6.07, 6.45) is 2.69. The van der Waals surface area contributed by atoms with E-state index in [-0.39, 0.29) is 23.7 Å². The SMILES string of the molecule is C=P(C)(C)CCC1O[C@@H](n2c(CC)nc3c2N=C(N)CC3=O)[C@H](O)[C@@H]1O. The van der Waals surface area contributed by atoms with E-state index in [1.54, 1.807) is 4.57 Å². The van der Waals surface area contributed by atoms with Crippen molar-refractivity contribution < 1.29 is 19.7 Å². The molecule has 3 rings (SSSR count). The van der Waals surface area contributed by atoms with Gasteiger partial charge in [-0.15, -0.1) is 13.2 Å². The summed E-state index contributed by atoms with van der Waals surface area (Å²) in [5, 5.41) is 21.0. The van der Waals surface area contributed by atoms with Gasteiger partial charge in [0.05, 0.1) is 12.5 Å². The first-order valence-corrected chi connectivity index (χ1v) is 11.8. The molecule has 0 aliphatic carbocycles. The van der Waals surface area contributed by atoms with Crippen LogP contribution in [0, 0.1) is 0 Å². The Morgan fingerprint density at radius 1 is 1.38 bits per heavy atom. The molecule has 3 heterocycles. The zero-order valence-electron chi connectivity index (χ0n) is 15.4. The van der Waals surface area contributed by atoms with Gasteiger partial charge in [0, 0.05) is 6.42 Å². The van der Waals surface area contributed by atoms with Crippen LogP contribution in [-0.2, 0) is 11.2 Å². The van der Waals surface area contributed by atoms with Crippen LogP contribution in [-0.4, -0.2) is 75.5 Å². The second-order valence-corrected chi connectivity index (χ2v) is 11.9. The highest BCUT2D eigenvalue weighted by Gasteiger charge is 2.45. The van der Waals surface area contributed by atoms with E-state index >= 15 is 0 Å². The van der Waals surface area contributed by atoms with Crippen LogP contribution in [0.4, 0.5) is 5.82 Å². The van der Waals surface area contributed by atoms with Gasteiger partial charge in [-0.2, -0.15) is 0 Å². The highest BCUT2D eigenvalue weighted by atomic mass is 31.2. The van der Waals surface area contributed by atoms with Gasteiger partial charge >= 0.3 is 0 Å². The molecule has 1 saturated heterocycles. The molecular formula is C17H27N4O4P. The van der Waals surface area contributed by atoms with E-state index < -0.39 is 31.4 Å². The summed E-state index contributed by atoms with van der Waals surface area (Å²) in [5.41, 5.74) is 6.02. The smallest absolute Gasteiger partial charge is 0.192 e. The van der Waals surface area contributed by atoms with Gasteiger partial charge in [-0.3, -0.25) is 9.36 Å². The first kappa shape index (κ1) is 19.3. The van der Waals surface area contributed by atoms with E-state index in [0.717, 1.165) is 6.16 Å².